The van der Waals surface area contributed by atoms with Gasteiger partial charge < -0.3 is 0 Å². The highest BCUT2D eigenvalue weighted by atomic mass is 79.9. The minimum absolute atomic E-state index is 0.263. The number of amides is 1. The standard InChI is InChI=1S/C17H12BrFN4O/c18-13-6-7-14(19)12(8-13)10-20-23-17(24)16-9-15(21-22-16)11-4-2-1-3-5-11/h1-10H,(H,21,22)(H,23,24). The molecule has 0 radical (unpaired) electrons. The summed E-state index contributed by atoms with van der Waals surface area (Å²) in [6.45, 7) is 0. The van der Waals surface area contributed by atoms with E-state index in [0.29, 0.717) is 5.69 Å². The Morgan fingerprint density at radius 2 is 2.00 bits per heavy atom. The number of carbonyl (C=O) groups excluding carboxylic acids is 1. The Labute approximate surface area is 145 Å². The van der Waals surface area contributed by atoms with E-state index < -0.39 is 11.7 Å². The van der Waals surface area contributed by atoms with E-state index in [1.807, 2.05) is 30.3 Å². The van der Waals surface area contributed by atoms with E-state index in [1.165, 1.54) is 12.3 Å². The molecule has 1 amide bonds. The second-order valence-electron chi connectivity index (χ2n) is 4.90. The largest absolute Gasteiger partial charge is 0.289 e. The highest BCUT2D eigenvalue weighted by Gasteiger charge is 2.10. The van der Waals surface area contributed by atoms with Gasteiger partial charge in [-0.05, 0) is 24.3 Å². The van der Waals surface area contributed by atoms with E-state index >= 15 is 0 Å². The molecule has 1 heterocycles. The minimum Gasteiger partial charge on any atom is -0.272 e. The van der Waals surface area contributed by atoms with Gasteiger partial charge in [-0.25, -0.2) is 9.82 Å². The highest BCUT2D eigenvalue weighted by Crippen LogP contribution is 2.17. The van der Waals surface area contributed by atoms with Crippen molar-refractivity contribution in [1.82, 2.24) is 15.6 Å². The van der Waals surface area contributed by atoms with Crippen molar-refractivity contribution in [2.24, 2.45) is 5.10 Å². The van der Waals surface area contributed by atoms with E-state index in [9.17, 15) is 9.18 Å². The first kappa shape index (κ1) is 16.1. The van der Waals surface area contributed by atoms with Crippen LogP contribution in [-0.4, -0.2) is 22.3 Å². The molecule has 0 atom stereocenters. The van der Waals surface area contributed by atoms with Crippen LogP contribution in [0.5, 0.6) is 0 Å². The Morgan fingerprint density at radius 3 is 2.79 bits per heavy atom. The molecular weight excluding hydrogens is 375 g/mol. The Kier molecular flexibility index (Phi) is 4.81. The van der Waals surface area contributed by atoms with Gasteiger partial charge in [-0.3, -0.25) is 9.89 Å². The molecule has 1 aromatic heterocycles. The quantitative estimate of drug-likeness (QED) is 0.529. The van der Waals surface area contributed by atoms with Gasteiger partial charge >= 0.3 is 0 Å². The minimum atomic E-state index is -0.462. The van der Waals surface area contributed by atoms with Crippen LogP contribution in [0, 0.1) is 5.82 Å². The summed E-state index contributed by atoms with van der Waals surface area (Å²) in [7, 11) is 0. The SMILES string of the molecule is O=C(NN=Cc1cc(Br)ccc1F)c1cc(-c2ccccc2)n[nH]1. The number of H-pyrrole nitrogens is 1. The van der Waals surface area contributed by atoms with Crippen LogP contribution >= 0.6 is 15.9 Å². The van der Waals surface area contributed by atoms with E-state index in [2.05, 4.69) is 36.7 Å². The van der Waals surface area contributed by atoms with Crippen LogP contribution in [0.25, 0.3) is 11.3 Å². The number of benzene rings is 2. The van der Waals surface area contributed by atoms with E-state index in [-0.39, 0.29) is 11.3 Å². The third-order valence-corrected chi connectivity index (χ3v) is 3.71. The molecule has 0 unspecified atom stereocenters. The summed E-state index contributed by atoms with van der Waals surface area (Å²) < 4.78 is 14.3. The molecule has 0 fully saturated rings. The first-order chi connectivity index (χ1) is 11.6. The number of hydrazone groups is 1. The first-order valence-electron chi connectivity index (χ1n) is 7.03. The van der Waals surface area contributed by atoms with Gasteiger partial charge in [0.05, 0.1) is 11.9 Å². The zero-order valence-corrected chi connectivity index (χ0v) is 13.9. The maximum Gasteiger partial charge on any atom is 0.289 e. The van der Waals surface area contributed by atoms with Gasteiger partial charge in [0.25, 0.3) is 5.91 Å². The molecule has 0 aliphatic heterocycles. The molecule has 0 spiro atoms. The van der Waals surface area contributed by atoms with Crippen LogP contribution in [-0.2, 0) is 0 Å². The lowest BCUT2D eigenvalue weighted by molar-refractivity contribution is 0.0950. The van der Waals surface area contributed by atoms with Crippen molar-refractivity contribution >= 4 is 28.1 Å². The predicted octanol–water partition coefficient (Wildman–Crippen LogP) is 3.74. The maximum atomic E-state index is 13.6. The van der Waals surface area contributed by atoms with Crippen molar-refractivity contribution < 1.29 is 9.18 Å². The molecule has 24 heavy (non-hydrogen) atoms. The van der Waals surface area contributed by atoms with Gasteiger partial charge in [0.2, 0.25) is 0 Å². The Morgan fingerprint density at radius 1 is 1.21 bits per heavy atom. The van der Waals surface area contributed by atoms with Crippen LogP contribution in [0.2, 0.25) is 0 Å². The number of halogens is 2. The second-order valence-corrected chi connectivity index (χ2v) is 5.81. The summed E-state index contributed by atoms with van der Waals surface area (Å²) in [6, 6.07) is 15.6. The number of aromatic nitrogens is 2. The maximum absolute atomic E-state index is 13.6. The van der Waals surface area contributed by atoms with Gasteiger partial charge in [-0.15, -0.1) is 0 Å². The fourth-order valence-electron chi connectivity index (χ4n) is 2.03. The third kappa shape index (κ3) is 3.75. The lowest BCUT2D eigenvalue weighted by Crippen LogP contribution is -2.18. The molecular formula is C17H12BrFN4O. The summed E-state index contributed by atoms with van der Waals surface area (Å²) in [6.07, 6.45) is 1.24. The van der Waals surface area contributed by atoms with E-state index in [0.717, 1.165) is 10.0 Å². The number of aromatic amines is 1. The molecule has 2 N–H and O–H groups in total. The smallest absolute Gasteiger partial charge is 0.272 e. The average molecular weight is 387 g/mol. The van der Waals surface area contributed by atoms with Gasteiger partial charge in [0.15, 0.2) is 0 Å². The Hall–Kier alpha value is -2.80. The number of rotatable bonds is 4. The van der Waals surface area contributed by atoms with Crippen LogP contribution in [0.15, 0.2) is 64.2 Å². The van der Waals surface area contributed by atoms with Crippen molar-refractivity contribution in [3.05, 3.63) is 76.1 Å². The lowest BCUT2D eigenvalue weighted by atomic mass is 10.1. The van der Waals surface area contributed by atoms with E-state index in [4.69, 9.17) is 0 Å². The predicted molar refractivity (Wildman–Crippen MR) is 93.2 cm³/mol. The number of hydrogen-bond donors (Lipinski definition) is 2. The highest BCUT2D eigenvalue weighted by molar-refractivity contribution is 9.10. The number of hydrogen-bond acceptors (Lipinski definition) is 3. The fraction of sp³-hybridized carbons (Fsp3) is 0. The van der Waals surface area contributed by atoms with Crippen molar-refractivity contribution in [2.45, 2.75) is 0 Å². The molecule has 3 aromatic rings. The number of nitrogens with one attached hydrogen (secondary N) is 2. The average Bonchev–Trinajstić information content (AvgIpc) is 3.09. The van der Waals surface area contributed by atoms with E-state index in [1.54, 1.807) is 18.2 Å². The zero-order valence-electron chi connectivity index (χ0n) is 12.3. The first-order valence-corrected chi connectivity index (χ1v) is 7.82. The fourth-order valence-corrected chi connectivity index (χ4v) is 2.41. The molecule has 0 saturated heterocycles. The molecule has 120 valence electrons. The van der Waals surface area contributed by atoms with Gasteiger partial charge in [-0.1, -0.05) is 46.3 Å². The van der Waals surface area contributed by atoms with Crippen molar-refractivity contribution in [3.63, 3.8) is 0 Å². The molecule has 3 rings (SSSR count). The molecule has 2 aromatic carbocycles. The van der Waals surface area contributed by atoms with Crippen molar-refractivity contribution in [1.29, 1.82) is 0 Å². The van der Waals surface area contributed by atoms with Gasteiger partial charge in [0.1, 0.15) is 11.5 Å². The summed E-state index contributed by atoms with van der Waals surface area (Å²) >= 11 is 3.25. The van der Waals surface area contributed by atoms with Crippen molar-refractivity contribution in [3.8, 4) is 11.3 Å². The van der Waals surface area contributed by atoms with Crippen LogP contribution in [0.3, 0.4) is 0 Å². The zero-order chi connectivity index (χ0) is 16.9. The summed E-state index contributed by atoms with van der Waals surface area (Å²) in [5, 5.41) is 10.5. The monoisotopic (exact) mass is 386 g/mol. The second kappa shape index (κ2) is 7.18. The summed E-state index contributed by atoms with van der Waals surface area (Å²) in [4.78, 5) is 12.0. The number of nitrogens with zero attached hydrogens (tertiary/aromatic N) is 2. The Bertz CT molecular complexity index is 893. The lowest BCUT2D eigenvalue weighted by Gasteiger charge is -1.98. The molecule has 7 heteroatoms. The molecule has 5 nitrogen and oxygen atoms in total. The molecule has 0 aliphatic rings. The molecule has 0 saturated carbocycles. The van der Waals surface area contributed by atoms with Gasteiger partial charge in [-0.2, -0.15) is 10.2 Å². The van der Waals surface area contributed by atoms with Crippen LogP contribution in [0.1, 0.15) is 16.1 Å². The summed E-state index contributed by atoms with van der Waals surface area (Å²) in [5.74, 6) is -0.888. The third-order valence-electron chi connectivity index (χ3n) is 3.22. The van der Waals surface area contributed by atoms with Crippen molar-refractivity contribution in [2.75, 3.05) is 0 Å². The van der Waals surface area contributed by atoms with Gasteiger partial charge in [0, 0.05) is 15.6 Å². The Balaban J connectivity index is 1.68. The number of carbonyl (C=O) groups is 1. The normalized spacial score (nSPS) is 10.9. The van der Waals surface area contributed by atoms with Crippen LogP contribution < -0.4 is 5.43 Å². The van der Waals surface area contributed by atoms with Crippen LogP contribution in [0.4, 0.5) is 4.39 Å². The summed E-state index contributed by atoms with van der Waals surface area (Å²) in [5.41, 5.74) is 4.42. The molecule has 0 aliphatic carbocycles. The molecule has 0 bridgehead atoms. The topological polar surface area (TPSA) is 70.1 Å².